The maximum atomic E-state index is 12.3. The van der Waals surface area contributed by atoms with Crippen LogP contribution in [0.3, 0.4) is 0 Å². The van der Waals surface area contributed by atoms with Gasteiger partial charge in [-0.1, -0.05) is 19.3 Å². The predicted molar refractivity (Wildman–Crippen MR) is 113 cm³/mol. The number of amides is 1. The van der Waals surface area contributed by atoms with E-state index < -0.39 is 0 Å². The number of carbonyl (C=O) groups is 1. The largest absolute Gasteiger partial charge is 0.398 e. The van der Waals surface area contributed by atoms with Crippen molar-refractivity contribution in [2.45, 2.75) is 72.3 Å². The number of thioether (sulfide) groups is 1. The zero-order valence-corrected chi connectivity index (χ0v) is 17.6. The molecule has 1 fully saturated rings. The SMILES string of the molecule is Cc1c(C)c(NC(=O)CSCCCOC2CCCCC2)c(C)c(C)c1N. The maximum absolute atomic E-state index is 12.3. The second-order valence-corrected chi connectivity index (χ2v) is 8.48. The second kappa shape index (κ2) is 10.2. The molecule has 2 rings (SSSR count). The van der Waals surface area contributed by atoms with E-state index in [1.165, 1.54) is 32.1 Å². The van der Waals surface area contributed by atoms with Gasteiger partial charge in [-0.2, -0.15) is 11.8 Å². The van der Waals surface area contributed by atoms with Gasteiger partial charge in [0.25, 0.3) is 0 Å². The zero-order chi connectivity index (χ0) is 19.1. The number of nitrogens with two attached hydrogens (primary N) is 1. The molecule has 1 amide bonds. The van der Waals surface area contributed by atoms with Crippen molar-refractivity contribution >= 4 is 29.0 Å². The van der Waals surface area contributed by atoms with Crippen LogP contribution in [0.5, 0.6) is 0 Å². The molecule has 5 heteroatoms. The Bertz CT molecular complexity index is 596. The van der Waals surface area contributed by atoms with Gasteiger partial charge in [-0.25, -0.2) is 0 Å². The molecule has 1 aromatic rings. The standard InChI is InChI=1S/C21H34N2O2S/c1-14-16(3)21(17(4)15(2)20(14)22)23-19(24)13-26-12-8-11-25-18-9-6-5-7-10-18/h18H,5-13,22H2,1-4H3,(H,23,24). The van der Waals surface area contributed by atoms with Crippen LogP contribution >= 0.6 is 11.8 Å². The number of rotatable bonds is 8. The summed E-state index contributed by atoms with van der Waals surface area (Å²) in [5.74, 6) is 1.49. The van der Waals surface area contributed by atoms with E-state index in [-0.39, 0.29) is 5.91 Å². The van der Waals surface area contributed by atoms with E-state index in [0.717, 1.165) is 52.4 Å². The molecule has 0 saturated heterocycles. The van der Waals surface area contributed by atoms with E-state index >= 15 is 0 Å². The highest BCUT2D eigenvalue weighted by Gasteiger charge is 2.15. The van der Waals surface area contributed by atoms with Gasteiger partial charge in [0.1, 0.15) is 0 Å². The lowest BCUT2D eigenvalue weighted by Crippen LogP contribution is -2.18. The predicted octanol–water partition coefficient (Wildman–Crippen LogP) is 4.91. The van der Waals surface area contributed by atoms with E-state index in [4.69, 9.17) is 10.5 Å². The van der Waals surface area contributed by atoms with Crippen molar-refractivity contribution in [2.24, 2.45) is 0 Å². The van der Waals surface area contributed by atoms with Gasteiger partial charge in [-0.15, -0.1) is 0 Å². The lowest BCUT2D eigenvalue weighted by Gasteiger charge is -2.21. The van der Waals surface area contributed by atoms with Gasteiger partial charge < -0.3 is 15.8 Å². The topological polar surface area (TPSA) is 64.3 Å². The highest BCUT2D eigenvalue weighted by Crippen LogP contribution is 2.32. The summed E-state index contributed by atoms with van der Waals surface area (Å²) in [6.07, 6.45) is 7.89. The summed E-state index contributed by atoms with van der Waals surface area (Å²) in [5, 5.41) is 3.08. The molecular weight excluding hydrogens is 344 g/mol. The lowest BCUT2D eigenvalue weighted by atomic mass is 9.96. The van der Waals surface area contributed by atoms with Crippen molar-refractivity contribution in [1.29, 1.82) is 0 Å². The Hall–Kier alpha value is -1.20. The Morgan fingerprint density at radius 3 is 2.31 bits per heavy atom. The third kappa shape index (κ3) is 5.65. The average Bonchev–Trinajstić information content (AvgIpc) is 2.65. The highest BCUT2D eigenvalue weighted by molar-refractivity contribution is 7.99. The molecule has 0 bridgehead atoms. The molecule has 0 heterocycles. The van der Waals surface area contributed by atoms with E-state index in [2.05, 4.69) is 5.32 Å². The van der Waals surface area contributed by atoms with Gasteiger partial charge in [0.15, 0.2) is 0 Å². The van der Waals surface area contributed by atoms with Crippen LogP contribution in [-0.2, 0) is 9.53 Å². The van der Waals surface area contributed by atoms with Gasteiger partial charge in [0, 0.05) is 18.0 Å². The van der Waals surface area contributed by atoms with E-state index in [9.17, 15) is 4.79 Å². The number of ether oxygens (including phenoxy) is 1. The number of anilines is 2. The van der Waals surface area contributed by atoms with Crippen molar-refractivity contribution in [1.82, 2.24) is 0 Å². The first-order valence-corrected chi connectivity index (χ1v) is 10.9. The average molecular weight is 379 g/mol. The van der Waals surface area contributed by atoms with Gasteiger partial charge in [0.05, 0.1) is 11.9 Å². The summed E-state index contributed by atoms with van der Waals surface area (Å²) < 4.78 is 5.93. The zero-order valence-electron chi connectivity index (χ0n) is 16.7. The summed E-state index contributed by atoms with van der Waals surface area (Å²) in [6.45, 7) is 8.86. The number of nitrogen functional groups attached to an aromatic ring is 1. The Kier molecular flexibility index (Phi) is 8.29. The van der Waals surface area contributed by atoms with Crippen LogP contribution in [0.15, 0.2) is 0 Å². The first-order valence-electron chi connectivity index (χ1n) is 9.76. The highest BCUT2D eigenvalue weighted by atomic mass is 32.2. The normalized spacial score (nSPS) is 15.2. The van der Waals surface area contributed by atoms with Gasteiger partial charge >= 0.3 is 0 Å². The molecule has 1 aliphatic carbocycles. The molecule has 146 valence electrons. The summed E-state index contributed by atoms with van der Waals surface area (Å²) >= 11 is 1.67. The molecule has 1 aliphatic rings. The van der Waals surface area contributed by atoms with Crippen LogP contribution in [0.1, 0.15) is 60.8 Å². The van der Waals surface area contributed by atoms with E-state index in [1.54, 1.807) is 11.8 Å². The number of hydrogen-bond acceptors (Lipinski definition) is 4. The molecule has 0 radical (unpaired) electrons. The van der Waals surface area contributed by atoms with Crippen molar-refractivity contribution in [2.75, 3.05) is 29.2 Å². The molecule has 4 nitrogen and oxygen atoms in total. The Balaban J connectivity index is 1.71. The Morgan fingerprint density at radius 1 is 1.08 bits per heavy atom. The number of benzene rings is 1. The molecule has 0 spiro atoms. The maximum Gasteiger partial charge on any atom is 0.234 e. The third-order valence-electron chi connectivity index (χ3n) is 5.52. The Morgan fingerprint density at radius 2 is 1.69 bits per heavy atom. The monoisotopic (exact) mass is 378 g/mol. The molecule has 1 saturated carbocycles. The lowest BCUT2D eigenvalue weighted by molar-refractivity contribution is -0.113. The third-order valence-corrected chi connectivity index (χ3v) is 6.56. The van der Waals surface area contributed by atoms with Crippen molar-refractivity contribution in [3.05, 3.63) is 22.3 Å². The minimum atomic E-state index is 0.0537. The summed E-state index contributed by atoms with van der Waals surface area (Å²) in [5.41, 5.74) is 12.1. The van der Waals surface area contributed by atoms with Gasteiger partial charge in [0.2, 0.25) is 5.91 Å². The van der Waals surface area contributed by atoms with Crippen molar-refractivity contribution in [3.63, 3.8) is 0 Å². The van der Waals surface area contributed by atoms with Crippen LogP contribution in [0.25, 0.3) is 0 Å². The fourth-order valence-electron chi connectivity index (χ4n) is 3.51. The number of carbonyl (C=O) groups excluding carboxylic acids is 1. The van der Waals surface area contributed by atoms with Crippen LogP contribution < -0.4 is 11.1 Å². The first-order chi connectivity index (χ1) is 12.4. The molecule has 0 unspecified atom stereocenters. The molecule has 0 atom stereocenters. The molecule has 3 N–H and O–H groups in total. The van der Waals surface area contributed by atoms with Crippen LogP contribution in [0.2, 0.25) is 0 Å². The Labute approximate surface area is 162 Å². The quantitative estimate of drug-likeness (QED) is 0.498. The molecular formula is C21H34N2O2S. The van der Waals surface area contributed by atoms with Crippen LogP contribution in [0.4, 0.5) is 11.4 Å². The van der Waals surface area contributed by atoms with E-state index in [1.807, 2.05) is 27.7 Å². The minimum Gasteiger partial charge on any atom is -0.398 e. The van der Waals surface area contributed by atoms with Gasteiger partial charge in [-0.3, -0.25) is 4.79 Å². The summed E-state index contributed by atoms with van der Waals surface area (Å²) in [4.78, 5) is 12.3. The second-order valence-electron chi connectivity index (χ2n) is 7.37. The van der Waals surface area contributed by atoms with E-state index in [0.29, 0.717) is 11.9 Å². The summed E-state index contributed by atoms with van der Waals surface area (Å²) in [7, 11) is 0. The number of hydrogen-bond donors (Lipinski definition) is 2. The summed E-state index contributed by atoms with van der Waals surface area (Å²) in [6, 6.07) is 0. The molecule has 0 aliphatic heterocycles. The van der Waals surface area contributed by atoms with Crippen molar-refractivity contribution < 1.29 is 9.53 Å². The van der Waals surface area contributed by atoms with Crippen molar-refractivity contribution in [3.8, 4) is 0 Å². The van der Waals surface area contributed by atoms with Crippen LogP contribution in [-0.4, -0.2) is 30.1 Å². The smallest absolute Gasteiger partial charge is 0.234 e. The van der Waals surface area contributed by atoms with Gasteiger partial charge in [-0.05, 0) is 75.0 Å². The fraction of sp³-hybridized carbons (Fsp3) is 0.667. The molecule has 1 aromatic carbocycles. The van der Waals surface area contributed by atoms with Crippen LogP contribution in [0, 0.1) is 27.7 Å². The fourth-order valence-corrected chi connectivity index (χ4v) is 4.24. The molecule has 26 heavy (non-hydrogen) atoms. The first kappa shape index (κ1) is 21.1. The minimum absolute atomic E-state index is 0.0537. The molecule has 0 aromatic heterocycles. The number of nitrogens with one attached hydrogen (secondary N) is 1.